The number of carboxylic acids is 1. The van der Waals surface area contributed by atoms with Gasteiger partial charge in [-0.1, -0.05) is 6.42 Å². The van der Waals surface area contributed by atoms with Gasteiger partial charge in [-0.2, -0.15) is 0 Å². The van der Waals surface area contributed by atoms with Gasteiger partial charge in [0, 0.05) is 6.54 Å². The fourth-order valence-electron chi connectivity index (χ4n) is 2.23. The molecule has 0 rings (SSSR count). The second-order valence-corrected chi connectivity index (χ2v) is 5.99. The van der Waals surface area contributed by atoms with E-state index in [1.807, 2.05) is 0 Å². The van der Waals surface area contributed by atoms with Crippen molar-refractivity contribution in [3.63, 3.8) is 0 Å². The number of aliphatic carboxylic acids is 1. The topological polar surface area (TPSA) is 189 Å². The molecule has 0 bridgehead atoms. The highest BCUT2D eigenvalue weighted by atomic mass is 16.4. The van der Waals surface area contributed by atoms with Crippen molar-refractivity contribution in [3.8, 4) is 0 Å². The SMILES string of the molecule is NCCCC[C@H](NCCCNC[C@H](O)[C@@H](O)[C@H](O)[C@H](O)CO)C(=O)O. The number of unbranched alkanes of at least 4 members (excludes halogenated alkanes) is 1. The lowest BCUT2D eigenvalue weighted by molar-refractivity contribution is -0.139. The Morgan fingerprint density at radius 3 is 2.16 bits per heavy atom. The standard InChI is InChI=1S/C15H33N3O7/c16-5-2-1-4-10(15(24)25)18-7-3-6-17-8-11(20)13(22)14(23)12(21)9-19/h10-14,17-23H,1-9,16H2,(H,24,25)/t10-,11-,12+,13+,14+/m0/s1. The highest BCUT2D eigenvalue weighted by molar-refractivity contribution is 5.73. The number of aliphatic hydroxyl groups is 5. The maximum atomic E-state index is 11.1. The van der Waals surface area contributed by atoms with E-state index in [1.54, 1.807) is 0 Å². The first-order chi connectivity index (χ1) is 11.8. The number of hydrogen-bond acceptors (Lipinski definition) is 9. The van der Waals surface area contributed by atoms with E-state index in [4.69, 9.17) is 15.9 Å². The second kappa shape index (κ2) is 14.3. The van der Waals surface area contributed by atoms with Gasteiger partial charge in [0.05, 0.1) is 12.7 Å². The van der Waals surface area contributed by atoms with E-state index in [0.717, 1.165) is 12.8 Å². The van der Waals surface area contributed by atoms with Crippen LogP contribution in [-0.4, -0.2) is 99.9 Å². The summed E-state index contributed by atoms with van der Waals surface area (Å²) in [5, 5.41) is 61.6. The minimum atomic E-state index is -1.65. The van der Waals surface area contributed by atoms with Crippen LogP contribution in [0.5, 0.6) is 0 Å². The smallest absolute Gasteiger partial charge is 0.320 e. The molecule has 5 atom stereocenters. The van der Waals surface area contributed by atoms with Crippen molar-refractivity contribution in [2.45, 2.75) is 56.1 Å². The molecule has 0 spiro atoms. The molecule has 0 saturated carbocycles. The summed E-state index contributed by atoms with van der Waals surface area (Å²) in [6.45, 7) is 0.728. The number of carbonyl (C=O) groups is 1. The fraction of sp³-hybridized carbons (Fsp3) is 0.933. The summed E-state index contributed by atoms with van der Waals surface area (Å²) in [6.07, 6.45) is -3.44. The molecule has 0 saturated heterocycles. The molecule has 0 fully saturated rings. The van der Waals surface area contributed by atoms with E-state index < -0.39 is 43.0 Å². The third-order valence-electron chi connectivity index (χ3n) is 3.84. The number of nitrogens with one attached hydrogen (secondary N) is 2. The van der Waals surface area contributed by atoms with Crippen molar-refractivity contribution in [1.82, 2.24) is 10.6 Å². The normalized spacial score (nSPS) is 17.7. The Bertz CT molecular complexity index is 349. The van der Waals surface area contributed by atoms with Crippen molar-refractivity contribution >= 4 is 5.97 Å². The van der Waals surface area contributed by atoms with Crippen LogP contribution in [0.4, 0.5) is 0 Å². The lowest BCUT2D eigenvalue weighted by Gasteiger charge is -2.25. The second-order valence-electron chi connectivity index (χ2n) is 5.99. The van der Waals surface area contributed by atoms with E-state index in [2.05, 4.69) is 10.6 Å². The first-order valence-corrected chi connectivity index (χ1v) is 8.55. The molecule has 10 N–H and O–H groups in total. The van der Waals surface area contributed by atoms with Crippen LogP contribution >= 0.6 is 0 Å². The van der Waals surface area contributed by atoms with E-state index in [1.165, 1.54) is 0 Å². The van der Waals surface area contributed by atoms with Crippen molar-refractivity contribution in [2.24, 2.45) is 5.73 Å². The predicted molar refractivity (Wildman–Crippen MR) is 90.9 cm³/mol. The van der Waals surface area contributed by atoms with E-state index >= 15 is 0 Å². The summed E-state index contributed by atoms with van der Waals surface area (Å²) in [5.41, 5.74) is 5.38. The molecule has 10 heteroatoms. The van der Waals surface area contributed by atoms with Crippen LogP contribution in [0.25, 0.3) is 0 Å². The molecule has 0 aliphatic carbocycles. The zero-order valence-corrected chi connectivity index (χ0v) is 14.4. The van der Waals surface area contributed by atoms with Gasteiger partial charge in [-0.15, -0.1) is 0 Å². The molecule has 0 aliphatic heterocycles. The molecular weight excluding hydrogens is 334 g/mol. The summed E-state index contributed by atoms with van der Waals surface area (Å²) in [7, 11) is 0. The van der Waals surface area contributed by atoms with Gasteiger partial charge in [0.1, 0.15) is 24.4 Å². The molecule has 0 aromatic carbocycles. The lowest BCUT2D eigenvalue weighted by Crippen LogP contribution is -2.49. The average molecular weight is 367 g/mol. The molecule has 0 heterocycles. The van der Waals surface area contributed by atoms with Crippen molar-refractivity contribution in [1.29, 1.82) is 0 Å². The fourth-order valence-corrected chi connectivity index (χ4v) is 2.23. The van der Waals surface area contributed by atoms with Crippen molar-refractivity contribution < 1.29 is 35.4 Å². The number of aliphatic hydroxyl groups excluding tert-OH is 5. The van der Waals surface area contributed by atoms with E-state index in [0.29, 0.717) is 32.5 Å². The summed E-state index contributed by atoms with van der Waals surface area (Å²) in [4.78, 5) is 11.1. The monoisotopic (exact) mass is 367 g/mol. The van der Waals surface area contributed by atoms with Crippen LogP contribution in [0.2, 0.25) is 0 Å². The van der Waals surface area contributed by atoms with Gasteiger partial charge in [-0.05, 0) is 38.9 Å². The van der Waals surface area contributed by atoms with Gasteiger partial charge in [-0.25, -0.2) is 0 Å². The summed E-state index contributed by atoms with van der Waals surface area (Å²) in [6, 6.07) is -0.617. The summed E-state index contributed by atoms with van der Waals surface area (Å²) in [5.74, 6) is -0.903. The number of hydrogen-bond donors (Lipinski definition) is 9. The molecule has 150 valence electrons. The highest BCUT2D eigenvalue weighted by Crippen LogP contribution is 2.04. The van der Waals surface area contributed by atoms with Crippen LogP contribution < -0.4 is 16.4 Å². The van der Waals surface area contributed by atoms with Crippen LogP contribution in [0.1, 0.15) is 25.7 Å². The van der Waals surface area contributed by atoms with Gasteiger partial charge < -0.3 is 47.0 Å². The van der Waals surface area contributed by atoms with Gasteiger partial charge in [0.15, 0.2) is 0 Å². The van der Waals surface area contributed by atoms with E-state index in [9.17, 15) is 25.2 Å². The highest BCUT2D eigenvalue weighted by Gasteiger charge is 2.29. The minimum Gasteiger partial charge on any atom is -0.480 e. The maximum absolute atomic E-state index is 11.1. The van der Waals surface area contributed by atoms with Gasteiger partial charge in [0.2, 0.25) is 0 Å². The quantitative estimate of drug-likeness (QED) is 0.124. The Kier molecular flexibility index (Phi) is 13.8. The Morgan fingerprint density at radius 1 is 0.960 bits per heavy atom. The Balaban J connectivity index is 3.87. The molecular formula is C15H33N3O7. The molecule has 0 unspecified atom stereocenters. The largest absolute Gasteiger partial charge is 0.480 e. The number of carboxylic acid groups (broad SMARTS) is 1. The molecule has 0 radical (unpaired) electrons. The summed E-state index contributed by atoms with van der Waals surface area (Å²) >= 11 is 0. The molecule has 0 aromatic rings. The van der Waals surface area contributed by atoms with E-state index in [-0.39, 0.29) is 6.54 Å². The Hall–Kier alpha value is -0.850. The first-order valence-electron chi connectivity index (χ1n) is 8.55. The third-order valence-corrected chi connectivity index (χ3v) is 3.84. The Labute approximate surface area is 147 Å². The lowest BCUT2D eigenvalue weighted by atomic mass is 10.0. The van der Waals surface area contributed by atoms with Gasteiger partial charge in [-0.3, -0.25) is 4.79 Å². The molecule has 25 heavy (non-hydrogen) atoms. The molecule has 0 aliphatic rings. The van der Waals surface area contributed by atoms with Crippen LogP contribution in [0.3, 0.4) is 0 Å². The van der Waals surface area contributed by atoms with Crippen LogP contribution in [0.15, 0.2) is 0 Å². The molecule has 10 nitrogen and oxygen atoms in total. The number of rotatable bonds is 16. The van der Waals surface area contributed by atoms with Crippen molar-refractivity contribution in [2.75, 3.05) is 32.8 Å². The first kappa shape index (κ1) is 24.1. The van der Waals surface area contributed by atoms with Crippen molar-refractivity contribution in [3.05, 3.63) is 0 Å². The average Bonchev–Trinajstić information content (AvgIpc) is 2.60. The zero-order chi connectivity index (χ0) is 19.2. The van der Waals surface area contributed by atoms with Gasteiger partial charge in [0.25, 0.3) is 0 Å². The third kappa shape index (κ3) is 10.7. The summed E-state index contributed by atoms with van der Waals surface area (Å²) < 4.78 is 0. The minimum absolute atomic E-state index is 0.0186. The van der Waals surface area contributed by atoms with Crippen LogP contribution in [-0.2, 0) is 4.79 Å². The van der Waals surface area contributed by atoms with Gasteiger partial charge >= 0.3 is 5.97 Å². The molecule has 0 amide bonds. The molecule has 0 aromatic heterocycles. The Morgan fingerprint density at radius 2 is 1.60 bits per heavy atom. The zero-order valence-electron chi connectivity index (χ0n) is 14.4. The number of nitrogens with two attached hydrogens (primary N) is 1. The predicted octanol–water partition coefficient (Wildman–Crippen LogP) is -3.43. The van der Waals surface area contributed by atoms with Crippen LogP contribution in [0, 0.1) is 0 Å². The maximum Gasteiger partial charge on any atom is 0.320 e.